The number of aliphatic hydroxyl groups is 1. The molecule has 1 saturated carbocycles. The van der Waals surface area contributed by atoms with Gasteiger partial charge in [0.1, 0.15) is 0 Å². The summed E-state index contributed by atoms with van der Waals surface area (Å²) in [6, 6.07) is 0. The monoisotopic (exact) mass is 213 g/mol. The lowest BCUT2D eigenvalue weighted by atomic mass is 9.86. The van der Waals surface area contributed by atoms with Crippen molar-refractivity contribution < 1.29 is 5.11 Å². The van der Waals surface area contributed by atoms with E-state index in [1.54, 1.807) is 0 Å². The Morgan fingerprint density at radius 3 is 2.33 bits per heavy atom. The minimum absolute atomic E-state index is 0.0545. The van der Waals surface area contributed by atoms with Crippen LogP contribution in [0.5, 0.6) is 0 Å². The molecule has 90 valence electrons. The molecule has 2 nitrogen and oxygen atoms in total. The minimum atomic E-state index is -0.0545. The molecule has 0 aromatic rings. The van der Waals surface area contributed by atoms with Crippen LogP contribution in [0.1, 0.15) is 46.5 Å². The number of aliphatic hydroxyl groups excluding tert-OH is 1. The van der Waals surface area contributed by atoms with Gasteiger partial charge in [0.25, 0.3) is 0 Å². The molecular formula is C13H27NO. The predicted octanol–water partition coefficient (Wildman–Crippen LogP) is 2.52. The highest BCUT2D eigenvalue weighted by molar-refractivity contribution is 4.78. The van der Waals surface area contributed by atoms with E-state index in [9.17, 15) is 5.11 Å². The Morgan fingerprint density at radius 1 is 1.20 bits per heavy atom. The molecule has 0 aliphatic heterocycles. The zero-order chi connectivity index (χ0) is 11.5. The van der Waals surface area contributed by atoms with Gasteiger partial charge in [0.05, 0.1) is 6.10 Å². The molecular weight excluding hydrogens is 186 g/mol. The molecule has 0 bridgehead atoms. The van der Waals surface area contributed by atoms with Gasteiger partial charge < -0.3 is 10.0 Å². The van der Waals surface area contributed by atoms with Gasteiger partial charge in [-0.2, -0.15) is 0 Å². The first-order valence-corrected chi connectivity index (χ1v) is 6.25. The van der Waals surface area contributed by atoms with Crippen LogP contribution < -0.4 is 0 Å². The fourth-order valence-corrected chi connectivity index (χ4v) is 2.68. The van der Waals surface area contributed by atoms with Gasteiger partial charge in [0.2, 0.25) is 0 Å². The summed E-state index contributed by atoms with van der Waals surface area (Å²) in [5.74, 6) is 0.506. The van der Waals surface area contributed by atoms with E-state index in [2.05, 4.69) is 32.7 Å². The van der Waals surface area contributed by atoms with Crippen LogP contribution in [-0.4, -0.2) is 36.2 Å². The minimum Gasteiger partial charge on any atom is -0.393 e. The number of nitrogens with zero attached hydrogens (tertiary/aromatic N) is 1. The molecule has 1 aliphatic carbocycles. The molecule has 1 aliphatic rings. The highest BCUT2D eigenvalue weighted by Crippen LogP contribution is 2.25. The molecule has 0 aromatic carbocycles. The normalized spacial score (nSPS) is 28.4. The fraction of sp³-hybridized carbons (Fsp3) is 1.00. The second kappa shape index (κ2) is 5.31. The average molecular weight is 213 g/mol. The van der Waals surface area contributed by atoms with E-state index in [0.29, 0.717) is 11.3 Å². The van der Waals surface area contributed by atoms with Crippen LogP contribution in [-0.2, 0) is 0 Å². The second-order valence-electron chi connectivity index (χ2n) is 6.37. The maximum Gasteiger partial charge on any atom is 0.0580 e. The largest absolute Gasteiger partial charge is 0.393 e. The number of hydrogen-bond donors (Lipinski definition) is 1. The van der Waals surface area contributed by atoms with Crippen molar-refractivity contribution in [2.24, 2.45) is 11.3 Å². The Hall–Kier alpha value is -0.0800. The van der Waals surface area contributed by atoms with Gasteiger partial charge in [-0.3, -0.25) is 0 Å². The topological polar surface area (TPSA) is 23.5 Å². The average Bonchev–Trinajstić information content (AvgIpc) is 2.05. The maximum atomic E-state index is 9.89. The standard InChI is InChI=1S/C13H27NO/c1-13(2,3)10-14(4)9-11-7-5-6-8-12(11)15/h11-12,15H,5-10H2,1-4H3. The van der Waals surface area contributed by atoms with Crippen LogP contribution in [0.4, 0.5) is 0 Å². The van der Waals surface area contributed by atoms with Crippen molar-refractivity contribution in [2.45, 2.75) is 52.6 Å². The molecule has 0 saturated heterocycles. The quantitative estimate of drug-likeness (QED) is 0.778. The van der Waals surface area contributed by atoms with Crippen molar-refractivity contribution in [1.82, 2.24) is 4.90 Å². The Labute approximate surface area is 94.7 Å². The van der Waals surface area contributed by atoms with Crippen LogP contribution in [0, 0.1) is 11.3 Å². The SMILES string of the molecule is CN(CC1CCCCC1O)CC(C)(C)C. The molecule has 2 heteroatoms. The van der Waals surface area contributed by atoms with Gasteiger partial charge in [0, 0.05) is 13.1 Å². The van der Waals surface area contributed by atoms with E-state index in [-0.39, 0.29) is 6.10 Å². The zero-order valence-electron chi connectivity index (χ0n) is 10.8. The lowest BCUT2D eigenvalue weighted by molar-refractivity contribution is 0.0457. The van der Waals surface area contributed by atoms with Crippen LogP contribution in [0.2, 0.25) is 0 Å². The molecule has 1 rings (SSSR count). The van der Waals surface area contributed by atoms with Crippen molar-refractivity contribution in [3.05, 3.63) is 0 Å². The molecule has 15 heavy (non-hydrogen) atoms. The number of hydrogen-bond acceptors (Lipinski definition) is 2. The van der Waals surface area contributed by atoms with Crippen LogP contribution in [0.15, 0.2) is 0 Å². The van der Waals surface area contributed by atoms with E-state index in [1.165, 1.54) is 19.3 Å². The number of rotatable bonds is 3. The lowest BCUT2D eigenvalue weighted by Gasteiger charge is -2.34. The van der Waals surface area contributed by atoms with Crippen molar-refractivity contribution in [3.8, 4) is 0 Å². The Balaban J connectivity index is 2.33. The summed E-state index contributed by atoms with van der Waals surface area (Å²) in [7, 11) is 2.17. The molecule has 1 N–H and O–H groups in total. The first-order valence-electron chi connectivity index (χ1n) is 6.25. The van der Waals surface area contributed by atoms with Gasteiger partial charge in [-0.25, -0.2) is 0 Å². The van der Waals surface area contributed by atoms with Gasteiger partial charge in [-0.1, -0.05) is 33.6 Å². The van der Waals surface area contributed by atoms with Gasteiger partial charge in [-0.05, 0) is 31.2 Å². The third kappa shape index (κ3) is 4.98. The fourth-order valence-electron chi connectivity index (χ4n) is 2.68. The highest BCUT2D eigenvalue weighted by atomic mass is 16.3. The Bertz CT molecular complexity index is 185. The maximum absolute atomic E-state index is 9.89. The second-order valence-corrected chi connectivity index (χ2v) is 6.37. The molecule has 0 spiro atoms. The third-order valence-electron chi connectivity index (χ3n) is 3.16. The summed E-state index contributed by atoms with van der Waals surface area (Å²) < 4.78 is 0. The Kier molecular flexibility index (Phi) is 4.60. The van der Waals surface area contributed by atoms with E-state index >= 15 is 0 Å². The van der Waals surface area contributed by atoms with Crippen LogP contribution in [0.3, 0.4) is 0 Å². The zero-order valence-corrected chi connectivity index (χ0v) is 10.8. The molecule has 0 radical (unpaired) electrons. The lowest BCUT2D eigenvalue weighted by Crippen LogP contribution is -2.38. The molecule has 0 aromatic heterocycles. The smallest absolute Gasteiger partial charge is 0.0580 e. The predicted molar refractivity (Wildman–Crippen MR) is 64.9 cm³/mol. The van der Waals surface area contributed by atoms with Crippen LogP contribution in [0.25, 0.3) is 0 Å². The summed E-state index contributed by atoms with van der Waals surface area (Å²) in [6.45, 7) is 8.96. The van der Waals surface area contributed by atoms with Crippen LogP contribution >= 0.6 is 0 Å². The molecule has 2 unspecified atom stereocenters. The first-order chi connectivity index (χ1) is 6.88. The molecule has 1 fully saturated rings. The molecule has 2 atom stereocenters. The summed E-state index contributed by atoms with van der Waals surface area (Å²) in [5, 5.41) is 9.89. The summed E-state index contributed by atoms with van der Waals surface area (Å²) in [4.78, 5) is 2.37. The third-order valence-corrected chi connectivity index (χ3v) is 3.16. The Morgan fingerprint density at radius 2 is 1.80 bits per heavy atom. The van der Waals surface area contributed by atoms with Gasteiger partial charge >= 0.3 is 0 Å². The highest BCUT2D eigenvalue weighted by Gasteiger charge is 2.25. The van der Waals surface area contributed by atoms with Crippen molar-refractivity contribution in [3.63, 3.8) is 0 Å². The van der Waals surface area contributed by atoms with Crippen molar-refractivity contribution >= 4 is 0 Å². The van der Waals surface area contributed by atoms with Gasteiger partial charge in [-0.15, -0.1) is 0 Å². The first kappa shape index (κ1) is 13.0. The molecule has 0 heterocycles. The van der Waals surface area contributed by atoms with Crippen molar-refractivity contribution in [1.29, 1.82) is 0 Å². The van der Waals surface area contributed by atoms with E-state index < -0.39 is 0 Å². The van der Waals surface area contributed by atoms with Crippen molar-refractivity contribution in [2.75, 3.05) is 20.1 Å². The van der Waals surface area contributed by atoms with Gasteiger partial charge in [0.15, 0.2) is 0 Å². The summed E-state index contributed by atoms with van der Waals surface area (Å²) in [5.41, 5.74) is 0.356. The van der Waals surface area contributed by atoms with E-state index in [1.807, 2.05) is 0 Å². The summed E-state index contributed by atoms with van der Waals surface area (Å²) >= 11 is 0. The molecule has 0 amide bonds. The van der Waals surface area contributed by atoms with E-state index in [4.69, 9.17) is 0 Å². The summed E-state index contributed by atoms with van der Waals surface area (Å²) in [6.07, 6.45) is 4.66. The van der Waals surface area contributed by atoms with E-state index in [0.717, 1.165) is 19.5 Å².